The van der Waals surface area contributed by atoms with Gasteiger partial charge in [0.1, 0.15) is 12.1 Å². The number of nitrogens with zero attached hydrogens (tertiary/aromatic N) is 1. The van der Waals surface area contributed by atoms with Gasteiger partial charge in [-0.3, -0.25) is 9.59 Å². The van der Waals surface area contributed by atoms with Gasteiger partial charge in [0.2, 0.25) is 11.8 Å². The maximum Gasteiger partial charge on any atom is 0.326 e. The van der Waals surface area contributed by atoms with Crippen LogP contribution in [0.25, 0.3) is 0 Å². The number of carbonyl (C=O) groups excluding carboxylic acids is 2. The fourth-order valence-corrected chi connectivity index (χ4v) is 3.92. The van der Waals surface area contributed by atoms with Crippen molar-refractivity contribution in [2.24, 2.45) is 5.92 Å². The van der Waals surface area contributed by atoms with Crippen molar-refractivity contribution in [3.8, 4) is 0 Å². The molecule has 3 N–H and O–H groups in total. The van der Waals surface area contributed by atoms with Gasteiger partial charge in [-0.1, -0.05) is 51.9 Å². The van der Waals surface area contributed by atoms with Crippen molar-refractivity contribution in [1.29, 1.82) is 0 Å². The third kappa shape index (κ3) is 5.69. The number of aliphatic carboxylic acids is 1. The van der Waals surface area contributed by atoms with Crippen LogP contribution in [-0.2, 0) is 14.4 Å². The largest absolute Gasteiger partial charge is 0.480 e. The highest BCUT2D eigenvalue weighted by Gasteiger charge is 2.41. The summed E-state index contributed by atoms with van der Waals surface area (Å²) in [6.07, 6.45) is 7.69. The average molecular weight is 368 g/mol. The summed E-state index contributed by atoms with van der Waals surface area (Å²) in [7, 11) is 0. The van der Waals surface area contributed by atoms with Crippen LogP contribution < -0.4 is 5.32 Å². The number of aliphatic hydroxyl groups excluding tert-OH is 1. The maximum atomic E-state index is 12.7. The molecule has 0 saturated carbocycles. The second-order valence-electron chi connectivity index (χ2n) is 7.75. The van der Waals surface area contributed by atoms with E-state index in [-0.39, 0.29) is 24.8 Å². The molecule has 7 heteroatoms. The van der Waals surface area contributed by atoms with Gasteiger partial charge in [-0.25, -0.2) is 4.79 Å². The molecular formula is C19H32N2O5. The molecule has 2 amide bonds. The molecule has 0 aromatic rings. The standard InChI is InChI=1S/C19H32N2O5/c1-13-9-7-5-3-2-4-6-8-10-15(19(25)26)20-17(23)16-11-14(22)12-21(16)18(13)24/h13-16,22H,2-12H2,1H3,(H,20,23)(H,25,26)/t13-,14-,15?,16-/m0/s1. The molecule has 0 bridgehead atoms. The van der Waals surface area contributed by atoms with Crippen molar-refractivity contribution in [1.82, 2.24) is 10.2 Å². The minimum Gasteiger partial charge on any atom is -0.480 e. The van der Waals surface area contributed by atoms with Crippen molar-refractivity contribution in [2.45, 2.75) is 89.3 Å². The Morgan fingerprint density at radius 1 is 1.04 bits per heavy atom. The smallest absolute Gasteiger partial charge is 0.326 e. The molecule has 0 aliphatic carbocycles. The quantitative estimate of drug-likeness (QED) is 0.653. The summed E-state index contributed by atoms with van der Waals surface area (Å²) in [4.78, 5) is 38.3. The minimum atomic E-state index is -1.05. The van der Waals surface area contributed by atoms with Crippen LogP contribution in [0.15, 0.2) is 0 Å². The molecule has 1 unspecified atom stereocenters. The van der Waals surface area contributed by atoms with Crippen molar-refractivity contribution in [3.05, 3.63) is 0 Å². The molecule has 4 atom stereocenters. The molecule has 2 rings (SSSR count). The Morgan fingerprint density at radius 3 is 2.23 bits per heavy atom. The highest BCUT2D eigenvalue weighted by molar-refractivity contribution is 5.91. The zero-order valence-electron chi connectivity index (χ0n) is 15.7. The van der Waals surface area contributed by atoms with Gasteiger partial charge in [-0.2, -0.15) is 0 Å². The van der Waals surface area contributed by atoms with Crippen LogP contribution in [0.1, 0.15) is 71.1 Å². The highest BCUT2D eigenvalue weighted by atomic mass is 16.4. The molecular weight excluding hydrogens is 336 g/mol. The number of amides is 2. The molecule has 7 nitrogen and oxygen atoms in total. The van der Waals surface area contributed by atoms with Crippen molar-refractivity contribution >= 4 is 17.8 Å². The Balaban J connectivity index is 2.12. The molecule has 0 aromatic heterocycles. The maximum absolute atomic E-state index is 12.7. The first kappa shape index (κ1) is 20.7. The van der Waals surface area contributed by atoms with Crippen LogP contribution in [0, 0.1) is 5.92 Å². The summed E-state index contributed by atoms with van der Waals surface area (Å²) >= 11 is 0. The number of hydrogen-bond donors (Lipinski definition) is 3. The minimum absolute atomic E-state index is 0.124. The number of carbonyl (C=O) groups is 3. The summed E-state index contributed by atoms with van der Waals surface area (Å²) in [6, 6.07) is -1.72. The third-order valence-corrected chi connectivity index (χ3v) is 5.53. The second-order valence-corrected chi connectivity index (χ2v) is 7.75. The van der Waals surface area contributed by atoms with Gasteiger partial charge in [0.15, 0.2) is 0 Å². The van der Waals surface area contributed by atoms with Crippen LogP contribution in [-0.4, -0.2) is 57.6 Å². The predicted octanol–water partition coefficient (Wildman–Crippen LogP) is 1.68. The summed E-state index contributed by atoms with van der Waals surface area (Å²) in [5.74, 6) is -1.84. The van der Waals surface area contributed by atoms with E-state index in [0.29, 0.717) is 6.42 Å². The van der Waals surface area contributed by atoms with Crippen molar-refractivity contribution < 1.29 is 24.6 Å². The number of fused-ring (bicyclic) bond motifs is 1. The van der Waals surface area contributed by atoms with E-state index < -0.39 is 30.1 Å². The lowest BCUT2D eigenvalue weighted by Crippen LogP contribution is -2.51. The SMILES string of the molecule is C[C@H]1CCCCCCCCCC(C(=O)O)NC(=O)[C@@H]2C[C@H](O)CN2C1=O. The van der Waals surface area contributed by atoms with Crippen LogP contribution in [0.2, 0.25) is 0 Å². The molecule has 2 fully saturated rings. The van der Waals surface area contributed by atoms with Crippen LogP contribution in [0.3, 0.4) is 0 Å². The van der Waals surface area contributed by atoms with Gasteiger partial charge >= 0.3 is 5.97 Å². The molecule has 2 aliphatic heterocycles. The van der Waals surface area contributed by atoms with Gasteiger partial charge in [-0.05, 0) is 12.8 Å². The second kappa shape index (κ2) is 9.90. The third-order valence-electron chi connectivity index (χ3n) is 5.53. The first-order chi connectivity index (χ1) is 12.4. The van der Waals surface area contributed by atoms with E-state index in [9.17, 15) is 24.6 Å². The number of aliphatic hydroxyl groups is 1. The summed E-state index contributed by atoms with van der Waals surface area (Å²) in [5.41, 5.74) is 0. The molecule has 2 saturated heterocycles. The van der Waals surface area contributed by atoms with E-state index in [0.717, 1.165) is 51.4 Å². The number of nitrogens with one attached hydrogen (secondary N) is 1. The molecule has 2 aliphatic rings. The molecule has 0 spiro atoms. The highest BCUT2D eigenvalue weighted by Crippen LogP contribution is 2.23. The number of carboxylic acids is 1. The zero-order valence-corrected chi connectivity index (χ0v) is 15.7. The Morgan fingerprint density at radius 2 is 1.62 bits per heavy atom. The normalized spacial score (nSPS) is 32.8. The first-order valence-electron chi connectivity index (χ1n) is 9.92. The topological polar surface area (TPSA) is 107 Å². The van der Waals surface area contributed by atoms with Crippen LogP contribution >= 0.6 is 0 Å². The van der Waals surface area contributed by atoms with Crippen LogP contribution in [0.5, 0.6) is 0 Å². The molecule has 0 radical (unpaired) electrons. The molecule has 148 valence electrons. The van der Waals surface area contributed by atoms with Gasteiger partial charge in [0.05, 0.1) is 6.10 Å². The fourth-order valence-electron chi connectivity index (χ4n) is 3.92. The lowest BCUT2D eigenvalue weighted by Gasteiger charge is -2.27. The number of rotatable bonds is 1. The van der Waals surface area contributed by atoms with E-state index in [1.165, 1.54) is 4.90 Å². The van der Waals surface area contributed by atoms with E-state index in [4.69, 9.17) is 0 Å². The monoisotopic (exact) mass is 368 g/mol. The van der Waals surface area contributed by atoms with E-state index >= 15 is 0 Å². The Hall–Kier alpha value is -1.63. The Kier molecular flexibility index (Phi) is 7.87. The van der Waals surface area contributed by atoms with Gasteiger partial charge in [-0.15, -0.1) is 0 Å². The van der Waals surface area contributed by atoms with E-state index in [1.54, 1.807) is 0 Å². The Labute approximate surface area is 155 Å². The van der Waals surface area contributed by atoms with Gasteiger partial charge < -0.3 is 20.4 Å². The first-order valence-corrected chi connectivity index (χ1v) is 9.92. The van der Waals surface area contributed by atoms with E-state index in [2.05, 4.69) is 5.32 Å². The van der Waals surface area contributed by atoms with Crippen LogP contribution in [0.4, 0.5) is 0 Å². The summed E-state index contributed by atoms with van der Waals surface area (Å²) < 4.78 is 0. The average Bonchev–Trinajstić information content (AvgIpc) is 2.99. The number of hydrogen-bond acceptors (Lipinski definition) is 4. The van der Waals surface area contributed by atoms with Crippen molar-refractivity contribution in [3.63, 3.8) is 0 Å². The molecule has 0 aromatic carbocycles. The summed E-state index contributed by atoms with van der Waals surface area (Å²) in [5, 5.41) is 21.9. The zero-order chi connectivity index (χ0) is 19.1. The van der Waals surface area contributed by atoms with Crippen molar-refractivity contribution in [2.75, 3.05) is 6.54 Å². The Bertz CT molecular complexity index is 510. The van der Waals surface area contributed by atoms with E-state index in [1.807, 2.05) is 6.92 Å². The lowest BCUT2D eigenvalue weighted by molar-refractivity contribution is -0.145. The summed E-state index contributed by atoms with van der Waals surface area (Å²) in [6.45, 7) is 2.00. The predicted molar refractivity (Wildman–Crippen MR) is 96.4 cm³/mol. The van der Waals surface area contributed by atoms with Gasteiger partial charge in [0.25, 0.3) is 0 Å². The fraction of sp³-hybridized carbons (Fsp3) is 0.842. The van der Waals surface area contributed by atoms with Gasteiger partial charge in [0, 0.05) is 18.9 Å². The molecule has 2 heterocycles. The molecule has 26 heavy (non-hydrogen) atoms. The lowest BCUT2D eigenvalue weighted by atomic mass is 9.99. The number of carboxylic acid groups (broad SMARTS) is 1.